The molecule has 0 fully saturated rings. The largest absolute Gasteiger partial charge is 0.497 e. The Morgan fingerprint density at radius 2 is 1.25 bits per heavy atom. The molecular weight excluding hydrogens is 402 g/mol. The molecule has 0 saturated carbocycles. The SMILES string of the molecule is COc1ccc(NC(=O)[C@H]2[C@H](C(=O)O)[C@@H](c3ccccc3)C=C[C@H]2c2ccccc2)cc1. The van der Waals surface area contributed by atoms with Crippen LogP contribution in [0.15, 0.2) is 97.1 Å². The Morgan fingerprint density at radius 1 is 0.750 bits per heavy atom. The number of carbonyl (C=O) groups excluding carboxylic acids is 1. The summed E-state index contributed by atoms with van der Waals surface area (Å²) in [7, 11) is 1.58. The molecule has 1 aliphatic rings. The van der Waals surface area contributed by atoms with Crippen LogP contribution < -0.4 is 10.1 Å². The van der Waals surface area contributed by atoms with Gasteiger partial charge < -0.3 is 15.2 Å². The lowest BCUT2D eigenvalue weighted by molar-refractivity contribution is -0.147. The number of allylic oxidation sites excluding steroid dienone is 2. The van der Waals surface area contributed by atoms with E-state index in [1.807, 2.05) is 72.8 Å². The summed E-state index contributed by atoms with van der Waals surface area (Å²) in [5.74, 6) is -3.08. The first-order valence-corrected chi connectivity index (χ1v) is 10.5. The molecule has 1 amide bonds. The average molecular weight is 428 g/mol. The quantitative estimate of drug-likeness (QED) is 0.538. The number of carboxylic acids is 1. The zero-order valence-corrected chi connectivity index (χ0v) is 17.7. The van der Waals surface area contributed by atoms with E-state index in [0.29, 0.717) is 11.4 Å². The van der Waals surface area contributed by atoms with Gasteiger partial charge in [0.25, 0.3) is 0 Å². The molecule has 0 saturated heterocycles. The van der Waals surface area contributed by atoms with Gasteiger partial charge in [0.05, 0.1) is 18.9 Å². The van der Waals surface area contributed by atoms with Crippen molar-refractivity contribution in [2.24, 2.45) is 11.8 Å². The van der Waals surface area contributed by atoms with Gasteiger partial charge in [0, 0.05) is 17.5 Å². The molecule has 0 spiro atoms. The molecule has 5 nitrogen and oxygen atoms in total. The lowest BCUT2D eigenvalue weighted by Gasteiger charge is -2.37. The maximum atomic E-state index is 13.6. The molecule has 1 aliphatic carbocycles. The van der Waals surface area contributed by atoms with Gasteiger partial charge >= 0.3 is 5.97 Å². The number of nitrogens with one attached hydrogen (secondary N) is 1. The van der Waals surface area contributed by atoms with E-state index in [4.69, 9.17) is 4.74 Å². The number of anilines is 1. The van der Waals surface area contributed by atoms with E-state index in [0.717, 1.165) is 11.1 Å². The number of hydrogen-bond donors (Lipinski definition) is 2. The van der Waals surface area contributed by atoms with Gasteiger partial charge in [0.15, 0.2) is 0 Å². The lowest BCUT2D eigenvalue weighted by atomic mass is 9.66. The molecule has 3 aromatic rings. The predicted molar refractivity (Wildman–Crippen MR) is 124 cm³/mol. The normalized spacial score (nSPS) is 22.2. The molecule has 0 aromatic heterocycles. The summed E-state index contributed by atoms with van der Waals surface area (Å²) in [6, 6.07) is 26.1. The molecule has 3 aromatic carbocycles. The summed E-state index contributed by atoms with van der Waals surface area (Å²) in [5, 5.41) is 13.2. The van der Waals surface area contributed by atoms with Crippen LogP contribution in [0.1, 0.15) is 23.0 Å². The van der Waals surface area contributed by atoms with Gasteiger partial charge in [-0.2, -0.15) is 0 Å². The van der Waals surface area contributed by atoms with Crippen molar-refractivity contribution in [1.29, 1.82) is 0 Å². The molecule has 5 heteroatoms. The molecular formula is C27H25NO4. The first kappa shape index (κ1) is 21.4. The highest BCUT2D eigenvalue weighted by Gasteiger charge is 2.46. The van der Waals surface area contributed by atoms with Gasteiger partial charge in [0.1, 0.15) is 5.75 Å². The maximum absolute atomic E-state index is 13.6. The van der Waals surface area contributed by atoms with Crippen LogP contribution in [-0.4, -0.2) is 24.1 Å². The van der Waals surface area contributed by atoms with Crippen LogP contribution >= 0.6 is 0 Å². The van der Waals surface area contributed by atoms with Crippen LogP contribution in [0.3, 0.4) is 0 Å². The number of aliphatic carboxylic acids is 1. The van der Waals surface area contributed by atoms with E-state index in [1.54, 1.807) is 31.4 Å². The number of ether oxygens (including phenoxy) is 1. The summed E-state index contributed by atoms with van der Waals surface area (Å²) in [4.78, 5) is 26.1. The number of amides is 1. The van der Waals surface area contributed by atoms with E-state index < -0.39 is 23.7 Å². The average Bonchev–Trinajstić information content (AvgIpc) is 2.84. The van der Waals surface area contributed by atoms with Crippen molar-refractivity contribution in [3.8, 4) is 5.75 Å². The summed E-state index contributed by atoms with van der Waals surface area (Å²) in [5.41, 5.74) is 2.39. The lowest BCUT2D eigenvalue weighted by Crippen LogP contribution is -2.42. The minimum absolute atomic E-state index is 0.318. The Kier molecular flexibility index (Phi) is 6.36. The third-order valence-corrected chi connectivity index (χ3v) is 6.00. The van der Waals surface area contributed by atoms with Crippen molar-refractivity contribution in [3.05, 3.63) is 108 Å². The second kappa shape index (κ2) is 9.52. The van der Waals surface area contributed by atoms with Crippen molar-refractivity contribution in [3.63, 3.8) is 0 Å². The molecule has 0 heterocycles. The van der Waals surface area contributed by atoms with Gasteiger partial charge in [-0.05, 0) is 35.4 Å². The Morgan fingerprint density at radius 3 is 1.72 bits per heavy atom. The highest BCUT2D eigenvalue weighted by Crippen LogP contribution is 2.45. The van der Waals surface area contributed by atoms with Crippen LogP contribution in [0.5, 0.6) is 5.75 Å². The topological polar surface area (TPSA) is 75.6 Å². The van der Waals surface area contributed by atoms with Crippen molar-refractivity contribution in [2.75, 3.05) is 12.4 Å². The van der Waals surface area contributed by atoms with Crippen LogP contribution in [0.4, 0.5) is 5.69 Å². The van der Waals surface area contributed by atoms with Crippen molar-refractivity contribution in [1.82, 2.24) is 0 Å². The zero-order chi connectivity index (χ0) is 22.5. The third-order valence-electron chi connectivity index (χ3n) is 6.00. The zero-order valence-electron chi connectivity index (χ0n) is 17.7. The number of rotatable bonds is 6. The van der Waals surface area contributed by atoms with E-state index in [1.165, 1.54) is 0 Å². The molecule has 32 heavy (non-hydrogen) atoms. The highest BCUT2D eigenvalue weighted by atomic mass is 16.5. The third kappa shape index (κ3) is 4.42. The fourth-order valence-electron chi connectivity index (χ4n) is 4.45. The van der Waals surface area contributed by atoms with Crippen LogP contribution in [0.2, 0.25) is 0 Å². The predicted octanol–water partition coefficient (Wildman–Crippen LogP) is 5.09. The molecule has 0 unspecified atom stereocenters. The Bertz CT molecular complexity index is 1090. The maximum Gasteiger partial charge on any atom is 0.308 e. The highest BCUT2D eigenvalue weighted by molar-refractivity contribution is 5.96. The minimum Gasteiger partial charge on any atom is -0.497 e. The molecule has 0 bridgehead atoms. The van der Waals surface area contributed by atoms with Gasteiger partial charge in [-0.3, -0.25) is 9.59 Å². The molecule has 4 rings (SSSR count). The van der Waals surface area contributed by atoms with Crippen molar-refractivity contribution < 1.29 is 19.4 Å². The van der Waals surface area contributed by atoms with Gasteiger partial charge in [0.2, 0.25) is 5.91 Å². The number of hydrogen-bond acceptors (Lipinski definition) is 3. The summed E-state index contributed by atoms with van der Waals surface area (Å²) >= 11 is 0. The van der Waals surface area contributed by atoms with E-state index >= 15 is 0 Å². The van der Waals surface area contributed by atoms with Gasteiger partial charge in [-0.1, -0.05) is 72.8 Å². The molecule has 2 N–H and O–H groups in total. The second-order valence-electron chi connectivity index (χ2n) is 7.87. The number of methoxy groups -OCH3 is 1. The summed E-state index contributed by atoms with van der Waals surface area (Å²) in [6.45, 7) is 0. The van der Waals surface area contributed by atoms with Crippen LogP contribution in [0, 0.1) is 11.8 Å². The number of carbonyl (C=O) groups is 2. The fourth-order valence-corrected chi connectivity index (χ4v) is 4.45. The van der Waals surface area contributed by atoms with Crippen LogP contribution in [0.25, 0.3) is 0 Å². The van der Waals surface area contributed by atoms with Crippen molar-refractivity contribution >= 4 is 17.6 Å². The number of benzene rings is 3. The summed E-state index contributed by atoms with van der Waals surface area (Å²) < 4.78 is 5.18. The second-order valence-corrected chi connectivity index (χ2v) is 7.87. The van der Waals surface area contributed by atoms with Crippen molar-refractivity contribution in [2.45, 2.75) is 11.8 Å². The Labute approximate surface area is 187 Å². The smallest absolute Gasteiger partial charge is 0.308 e. The van der Waals surface area contributed by atoms with Crippen LogP contribution in [-0.2, 0) is 9.59 Å². The van der Waals surface area contributed by atoms with E-state index in [-0.39, 0.29) is 11.8 Å². The molecule has 0 aliphatic heterocycles. The standard InChI is InChI=1S/C27H25NO4/c1-32-21-14-12-20(13-15-21)28-26(29)24-22(18-8-4-2-5-9-18)16-17-23(25(24)27(30)31)19-10-6-3-7-11-19/h2-17,22-25H,1H3,(H,28,29)(H,30,31)/t22-,23+,24+,25+/m0/s1. The molecule has 4 atom stereocenters. The Balaban J connectivity index is 1.74. The van der Waals surface area contributed by atoms with E-state index in [2.05, 4.69) is 5.32 Å². The first-order chi connectivity index (χ1) is 15.6. The number of carboxylic acid groups (broad SMARTS) is 1. The van der Waals surface area contributed by atoms with E-state index in [9.17, 15) is 14.7 Å². The van der Waals surface area contributed by atoms with Gasteiger partial charge in [-0.15, -0.1) is 0 Å². The molecule has 162 valence electrons. The first-order valence-electron chi connectivity index (χ1n) is 10.5. The minimum atomic E-state index is -0.987. The van der Waals surface area contributed by atoms with Gasteiger partial charge in [-0.25, -0.2) is 0 Å². The molecule has 0 radical (unpaired) electrons. The Hall–Kier alpha value is -3.86. The fraction of sp³-hybridized carbons (Fsp3) is 0.185. The monoisotopic (exact) mass is 427 g/mol. The summed E-state index contributed by atoms with van der Waals surface area (Å²) in [6.07, 6.45) is 3.91.